The number of hydrogen-bond donors (Lipinski definition) is 0. The molecule has 1 atom stereocenters. The van der Waals surface area contributed by atoms with Crippen LogP contribution in [0.2, 0.25) is 0 Å². The molecule has 2 amide bonds. The Labute approximate surface area is 156 Å². The van der Waals surface area contributed by atoms with Crippen molar-refractivity contribution in [3.63, 3.8) is 0 Å². The van der Waals surface area contributed by atoms with Gasteiger partial charge in [-0.25, -0.2) is 0 Å². The van der Waals surface area contributed by atoms with Crippen LogP contribution in [-0.2, 0) is 9.59 Å². The minimum absolute atomic E-state index is 0.142. The van der Waals surface area contributed by atoms with Crippen molar-refractivity contribution in [2.24, 2.45) is 5.41 Å². The molecule has 0 bridgehead atoms. The van der Waals surface area contributed by atoms with Crippen LogP contribution in [0.25, 0.3) is 0 Å². The molecule has 4 nitrogen and oxygen atoms in total. The average Bonchev–Trinajstić information content (AvgIpc) is 3.19. The van der Waals surface area contributed by atoms with Gasteiger partial charge < -0.3 is 9.80 Å². The van der Waals surface area contributed by atoms with E-state index in [-0.39, 0.29) is 23.4 Å². The normalized spacial score (nSPS) is 25.6. The van der Waals surface area contributed by atoms with E-state index in [1.165, 1.54) is 18.4 Å². The van der Waals surface area contributed by atoms with Gasteiger partial charge in [0, 0.05) is 25.6 Å². The quantitative estimate of drug-likeness (QED) is 0.769. The maximum atomic E-state index is 13.2. The first-order valence-corrected chi connectivity index (χ1v) is 10.3. The van der Waals surface area contributed by atoms with Crippen molar-refractivity contribution in [1.29, 1.82) is 0 Å². The van der Waals surface area contributed by atoms with E-state index in [0.29, 0.717) is 12.3 Å². The summed E-state index contributed by atoms with van der Waals surface area (Å²) < 4.78 is 0. The van der Waals surface area contributed by atoms with Crippen LogP contribution in [0.4, 0.5) is 0 Å². The Hall–Kier alpha value is -1.84. The summed E-state index contributed by atoms with van der Waals surface area (Å²) in [4.78, 5) is 29.6. The molecule has 1 saturated carbocycles. The zero-order valence-corrected chi connectivity index (χ0v) is 15.8. The Bertz CT molecular complexity index is 658. The van der Waals surface area contributed by atoms with Crippen LogP contribution < -0.4 is 0 Å². The Morgan fingerprint density at radius 1 is 1.12 bits per heavy atom. The summed E-state index contributed by atoms with van der Waals surface area (Å²) in [6.45, 7) is 3.64. The molecule has 4 heteroatoms. The molecule has 26 heavy (non-hydrogen) atoms. The number of benzene rings is 1. The predicted molar refractivity (Wildman–Crippen MR) is 101 cm³/mol. The lowest BCUT2D eigenvalue weighted by molar-refractivity contribution is -0.181. The van der Waals surface area contributed by atoms with E-state index in [9.17, 15) is 9.59 Å². The molecule has 2 aliphatic heterocycles. The fraction of sp³-hybridized carbons (Fsp3) is 0.636. The number of β-lactam (4-membered cyclic amide) rings is 1. The van der Waals surface area contributed by atoms with E-state index in [2.05, 4.69) is 36.1 Å². The molecule has 1 aromatic carbocycles. The molecule has 0 radical (unpaired) electrons. The molecule has 1 unspecified atom stereocenters. The Morgan fingerprint density at radius 2 is 1.77 bits per heavy atom. The minimum atomic E-state index is -0.142. The number of likely N-dealkylation sites (tertiary alicyclic amines) is 2. The Balaban J connectivity index is 1.51. The number of amides is 2. The van der Waals surface area contributed by atoms with Gasteiger partial charge in [-0.1, -0.05) is 50.1 Å². The fourth-order valence-electron chi connectivity index (χ4n) is 5.44. The van der Waals surface area contributed by atoms with Crippen molar-refractivity contribution in [1.82, 2.24) is 9.80 Å². The largest absolute Gasteiger partial charge is 0.343 e. The second-order valence-electron chi connectivity index (χ2n) is 8.25. The summed E-state index contributed by atoms with van der Waals surface area (Å²) in [5, 5.41) is 0. The van der Waals surface area contributed by atoms with Gasteiger partial charge in [0.1, 0.15) is 0 Å². The van der Waals surface area contributed by atoms with Crippen LogP contribution in [0.5, 0.6) is 0 Å². The zero-order chi connectivity index (χ0) is 18.1. The van der Waals surface area contributed by atoms with Gasteiger partial charge in [0.2, 0.25) is 11.8 Å². The van der Waals surface area contributed by atoms with Crippen molar-refractivity contribution < 1.29 is 9.59 Å². The van der Waals surface area contributed by atoms with Crippen LogP contribution in [0.3, 0.4) is 0 Å². The average molecular weight is 354 g/mol. The summed E-state index contributed by atoms with van der Waals surface area (Å²) in [5.41, 5.74) is 1.15. The highest BCUT2D eigenvalue weighted by Crippen LogP contribution is 2.60. The molecule has 3 fully saturated rings. The SMILES string of the molecule is CCCC(=O)N1CCC(N2C(=O)C3(CCCC3)C2c2ccccc2)CC1. The third-order valence-corrected chi connectivity index (χ3v) is 6.75. The standard InChI is InChI=1S/C22H30N2O2/c1-2-8-19(25)23-15-11-18(12-16-23)24-20(17-9-4-3-5-10-17)22(21(24)26)13-6-7-14-22/h3-5,9-10,18,20H,2,6-8,11-16H2,1H3. The van der Waals surface area contributed by atoms with Gasteiger partial charge in [0.15, 0.2) is 0 Å². The number of nitrogens with zero attached hydrogens (tertiary/aromatic N) is 2. The van der Waals surface area contributed by atoms with Crippen LogP contribution in [0.15, 0.2) is 30.3 Å². The summed E-state index contributed by atoms with van der Waals surface area (Å²) in [6.07, 6.45) is 7.80. The molecule has 1 spiro atoms. The molecular formula is C22H30N2O2. The molecule has 0 N–H and O–H groups in total. The number of rotatable bonds is 4. The van der Waals surface area contributed by atoms with Gasteiger partial charge in [0.05, 0.1) is 11.5 Å². The molecule has 1 aliphatic carbocycles. The zero-order valence-electron chi connectivity index (χ0n) is 15.8. The van der Waals surface area contributed by atoms with Crippen molar-refractivity contribution >= 4 is 11.8 Å². The van der Waals surface area contributed by atoms with Gasteiger partial charge in [-0.15, -0.1) is 0 Å². The number of hydrogen-bond acceptors (Lipinski definition) is 2. The van der Waals surface area contributed by atoms with Gasteiger partial charge in [-0.2, -0.15) is 0 Å². The van der Waals surface area contributed by atoms with E-state index in [4.69, 9.17) is 0 Å². The van der Waals surface area contributed by atoms with Gasteiger partial charge >= 0.3 is 0 Å². The Morgan fingerprint density at radius 3 is 2.38 bits per heavy atom. The predicted octanol–water partition coefficient (Wildman–Crippen LogP) is 3.92. The van der Waals surface area contributed by atoms with Crippen molar-refractivity contribution in [2.45, 2.75) is 70.4 Å². The van der Waals surface area contributed by atoms with Gasteiger partial charge in [-0.3, -0.25) is 9.59 Å². The first-order chi connectivity index (χ1) is 12.7. The fourth-order valence-corrected chi connectivity index (χ4v) is 5.44. The molecule has 0 aromatic heterocycles. The summed E-state index contributed by atoms with van der Waals surface area (Å²) in [5.74, 6) is 0.648. The van der Waals surface area contributed by atoms with E-state index in [0.717, 1.165) is 45.2 Å². The van der Waals surface area contributed by atoms with Crippen molar-refractivity contribution in [2.75, 3.05) is 13.1 Å². The van der Waals surface area contributed by atoms with Crippen molar-refractivity contribution in [3.8, 4) is 0 Å². The van der Waals surface area contributed by atoms with E-state index >= 15 is 0 Å². The van der Waals surface area contributed by atoms with E-state index in [1.54, 1.807) is 0 Å². The number of carbonyl (C=O) groups is 2. The van der Waals surface area contributed by atoms with Crippen LogP contribution in [-0.4, -0.2) is 40.7 Å². The maximum Gasteiger partial charge on any atom is 0.232 e. The van der Waals surface area contributed by atoms with E-state index < -0.39 is 0 Å². The van der Waals surface area contributed by atoms with Gasteiger partial charge in [0.25, 0.3) is 0 Å². The summed E-state index contributed by atoms with van der Waals surface area (Å²) >= 11 is 0. The lowest BCUT2D eigenvalue weighted by atomic mass is 9.65. The molecule has 140 valence electrons. The first kappa shape index (κ1) is 17.6. The lowest BCUT2D eigenvalue weighted by Crippen LogP contribution is -2.66. The number of carbonyl (C=O) groups excluding carboxylic acids is 2. The smallest absolute Gasteiger partial charge is 0.232 e. The third-order valence-electron chi connectivity index (χ3n) is 6.75. The van der Waals surface area contributed by atoms with Gasteiger partial charge in [-0.05, 0) is 37.7 Å². The van der Waals surface area contributed by atoms with E-state index in [1.807, 2.05) is 11.0 Å². The molecule has 3 aliphatic rings. The Kier molecular flexibility index (Phi) is 4.76. The van der Waals surface area contributed by atoms with Crippen LogP contribution >= 0.6 is 0 Å². The monoisotopic (exact) mass is 354 g/mol. The molecule has 2 saturated heterocycles. The minimum Gasteiger partial charge on any atom is -0.343 e. The molecule has 2 heterocycles. The molecule has 1 aromatic rings. The van der Waals surface area contributed by atoms with Crippen LogP contribution in [0, 0.1) is 5.41 Å². The second kappa shape index (κ2) is 7.05. The second-order valence-corrected chi connectivity index (χ2v) is 8.25. The maximum absolute atomic E-state index is 13.2. The molecule has 4 rings (SSSR count). The molecular weight excluding hydrogens is 324 g/mol. The van der Waals surface area contributed by atoms with Crippen LogP contribution in [0.1, 0.15) is 69.9 Å². The summed E-state index contributed by atoms with van der Waals surface area (Å²) in [7, 11) is 0. The highest BCUT2D eigenvalue weighted by atomic mass is 16.2. The third kappa shape index (κ3) is 2.74. The first-order valence-electron chi connectivity index (χ1n) is 10.3. The summed E-state index contributed by atoms with van der Waals surface area (Å²) in [6, 6.07) is 11.1. The highest BCUT2D eigenvalue weighted by Gasteiger charge is 2.63. The van der Waals surface area contributed by atoms with Crippen molar-refractivity contribution in [3.05, 3.63) is 35.9 Å². The number of piperidine rings is 1. The highest BCUT2D eigenvalue weighted by molar-refractivity contribution is 5.91. The lowest BCUT2D eigenvalue weighted by Gasteiger charge is -2.59. The topological polar surface area (TPSA) is 40.6 Å².